The van der Waals surface area contributed by atoms with E-state index in [0.29, 0.717) is 6.07 Å². The molecule has 0 fully saturated rings. The van der Waals surface area contributed by atoms with Crippen molar-refractivity contribution in [2.24, 2.45) is 0 Å². The van der Waals surface area contributed by atoms with E-state index in [1.54, 1.807) is 0 Å². The van der Waals surface area contributed by atoms with Gasteiger partial charge in [-0.2, -0.15) is 8.78 Å². The Morgan fingerprint density at radius 2 is 2.22 bits per heavy atom. The van der Waals surface area contributed by atoms with E-state index in [-0.39, 0.29) is 5.82 Å². The van der Waals surface area contributed by atoms with E-state index in [1.807, 2.05) is 0 Å². The molecule has 1 rings (SSSR count). The summed E-state index contributed by atoms with van der Waals surface area (Å²) in [5.74, 6) is -1.28. The maximum atomic E-state index is 12.1. The molecule has 0 spiro atoms. The summed E-state index contributed by atoms with van der Waals surface area (Å²) in [5.41, 5.74) is 0. The van der Waals surface area contributed by atoms with Gasteiger partial charge in [-0.1, -0.05) is 0 Å². The lowest BCUT2D eigenvalue weighted by atomic mass is 10.6. The molecule has 1 heterocycles. The van der Waals surface area contributed by atoms with Gasteiger partial charge >= 0.3 is 5.95 Å². The van der Waals surface area contributed by atoms with Crippen LogP contribution in [0.1, 0.15) is 5.82 Å². The standard InChI is InChI=1S/C5H4F2N2/c1-3-8-4(6)2-5(7)9-3/h2H,1H3/p+1. The summed E-state index contributed by atoms with van der Waals surface area (Å²) in [6.07, 6.45) is 0. The van der Waals surface area contributed by atoms with Crippen LogP contribution in [0.25, 0.3) is 0 Å². The number of aryl methyl sites for hydroxylation is 1. The van der Waals surface area contributed by atoms with Crippen LogP contribution in [0.2, 0.25) is 0 Å². The lowest BCUT2D eigenvalue weighted by Crippen LogP contribution is -2.15. The average Bonchev–Trinajstić information content (AvgIpc) is 1.59. The molecular weight excluding hydrogens is 126 g/mol. The van der Waals surface area contributed by atoms with Gasteiger partial charge in [-0.3, -0.25) is 0 Å². The second-order valence-corrected chi connectivity index (χ2v) is 1.64. The fourth-order valence-corrected chi connectivity index (χ4v) is 0.534. The number of aromatic nitrogens is 2. The van der Waals surface area contributed by atoms with Gasteiger partial charge in [-0.15, -0.1) is 0 Å². The first kappa shape index (κ1) is 6.07. The van der Waals surface area contributed by atoms with Crippen molar-refractivity contribution in [3.8, 4) is 0 Å². The zero-order valence-corrected chi connectivity index (χ0v) is 4.78. The topological polar surface area (TPSA) is 27.0 Å². The number of nitrogens with one attached hydrogen (secondary N) is 1. The van der Waals surface area contributed by atoms with Gasteiger partial charge in [-0.05, 0) is 4.98 Å². The lowest BCUT2D eigenvalue weighted by molar-refractivity contribution is -0.436. The van der Waals surface area contributed by atoms with Crippen LogP contribution >= 0.6 is 0 Å². The van der Waals surface area contributed by atoms with E-state index in [9.17, 15) is 8.78 Å². The van der Waals surface area contributed by atoms with Gasteiger partial charge in [0.15, 0.2) is 0 Å². The zero-order chi connectivity index (χ0) is 6.85. The van der Waals surface area contributed by atoms with Crippen molar-refractivity contribution >= 4 is 0 Å². The van der Waals surface area contributed by atoms with Gasteiger partial charge in [0.05, 0.1) is 6.07 Å². The summed E-state index contributed by atoms with van der Waals surface area (Å²) in [6, 6.07) is 0.688. The third-order valence-electron chi connectivity index (χ3n) is 0.821. The molecule has 0 aliphatic carbocycles. The van der Waals surface area contributed by atoms with Crippen molar-refractivity contribution in [1.82, 2.24) is 4.98 Å². The van der Waals surface area contributed by atoms with Crippen LogP contribution in [0.4, 0.5) is 8.78 Å². The fourth-order valence-electron chi connectivity index (χ4n) is 0.534. The molecule has 4 heteroatoms. The number of nitrogens with zero attached hydrogens (tertiary/aromatic N) is 1. The van der Waals surface area contributed by atoms with Crippen LogP contribution < -0.4 is 4.98 Å². The Kier molecular flexibility index (Phi) is 1.38. The Morgan fingerprint density at radius 3 is 2.67 bits per heavy atom. The number of rotatable bonds is 0. The summed E-state index contributed by atoms with van der Waals surface area (Å²) in [4.78, 5) is 5.47. The Balaban J connectivity index is 3.17. The van der Waals surface area contributed by atoms with Gasteiger partial charge < -0.3 is 0 Å². The highest BCUT2D eigenvalue weighted by Crippen LogP contribution is 1.91. The monoisotopic (exact) mass is 131 g/mol. The molecule has 9 heavy (non-hydrogen) atoms. The first-order valence-electron chi connectivity index (χ1n) is 2.40. The van der Waals surface area contributed by atoms with Crippen molar-refractivity contribution in [3.63, 3.8) is 0 Å². The molecule has 0 radical (unpaired) electrons. The third-order valence-corrected chi connectivity index (χ3v) is 0.821. The highest BCUT2D eigenvalue weighted by Gasteiger charge is 2.06. The quantitative estimate of drug-likeness (QED) is 0.470. The van der Waals surface area contributed by atoms with Crippen LogP contribution in [0.3, 0.4) is 0 Å². The Morgan fingerprint density at radius 1 is 1.56 bits per heavy atom. The van der Waals surface area contributed by atoms with Crippen LogP contribution in [0.5, 0.6) is 0 Å². The second kappa shape index (κ2) is 2.05. The SMILES string of the molecule is Cc1nc(F)cc(F)[nH+]1. The minimum Gasteiger partial charge on any atom is -0.217 e. The molecule has 0 atom stereocenters. The number of aromatic amines is 1. The highest BCUT2D eigenvalue weighted by molar-refractivity contribution is 4.81. The summed E-state index contributed by atoms with van der Waals surface area (Å²) < 4.78 is 24.2. The van der Waals surface area contributed by atoms with E-state index < -0.39 is 11.9 Å². The van der Waals surface area contributed by atoms with E-state index in [4.69, 9.17) is 0 Å². The Labute approximate surface area is 50.6 Å². The molecule has 0 saturated carbocycles. The first-order chi connectivity index (χ1) is 4.18. The summed E-state index contributed by atoms with van der Waals surface area (Å²) in [6.45, 7) is 1.48. The predicted molar refractivity (Wildman–Crippen MR) is 25.4 cm³/mol. The summed E-state index contributed by atoms with van der Waals surface area (Å²) in [7, 11) is 0. The van der Waals surface area contributed by atoms with Crippen molar-refractivity contribution in [2.45, 2.75) is 6.92 Å². The lowest BCUT2D eigenvalue weighted by Gasteiger charge is -1.81. The van der Waals surface area contributed by atoms with Crippen molar-refractivity contribution in [2.75, 3.05) is 0 Å². The molecule has 0 aromatic carbocycles. The predicted octanol–water partition coefficient (Wildman–Crippen LogP) is 0.482. The normalized spacial score (nSPS) is 9.67. The van der Waals surface area contributed by atoms with E-state index in [1.165, 1.54) is 6.92 Å². The highest BCUT2D eigenvalue weighted by atomic mass is 19.1. The molecule has 0 bridgehead atoms. The van der Waals surface area contributed by atoms with E-state index in [0.717, 1.165) is 0 Å². The minimum atomic E-state index is -0.802. The first-order valence-corrected chi connectivity index (χ1v) is 2.40. The summed E-state index contributed by atoms with van der Waals surface area (Å²) in [5, 5.41) is 0. The molecular formula is C5H5F2N2+. The maximum absolute atomic E-state index is 12.1. The molecule has 1 aromatic heterocycles. The molecule has 1 N–H and O–H groups in total. The average molecular weight is 131 g/mol. The largest absolute Gasteiger partial charge is 0.327 e. The molecule has 0 unspecified atom stereocenters. The minimum absolute atomic E-state index is 0.229. The molecule has 1 aromatic rings. The van der Waals surface area contributed by atoms with Gasteiger partial charge in [0.25, 0.3) is 11.8 Å². The van der Waals surface area contributed by atoms with Crippen LogP contribution in [0.15, 0.2) is 6.07 Å². The molecule has 0 aliphatic heterocycles. The van der Waals surface area contributed by atoms with E-state index >= 15 is 0 Å². The van der Waals surface area contributed by atoms with Crippen molar-refractivity contribution < 1.29 is 13.8 Å². The molecule has 48 valence electrons. The summed E-state index contributed by atoms with van der Waals surface area (Å²) >= 11 is 0. The van der Waals surface area contributed by atoms with E-state index in [2.05, 4.69) is 9.97 Å². The van der Waals surface area contributed by atoms with Crippen LogP contribution in [-0.2, 0) is 0 Å². The zero-order valence-electron chi connectivity index (χ0n) is 4.78. The van der Waals surface area contributed by atoms with Gasteiger partial charge in [0.2, 0.25) is 0 Å². The van der Waals surface area contributed by atoms with Gasteiger partial charge in [0, 0.05) is 6.92 Å². The maximum Gasteiger partial charge on any atom is 0.327 e. The number of halogens is 2. The van der Waals surface area contributed by atoms with Gasteiger partial charge in [0.1, 0.15) is 0 Å². The molecule has 2 nitrogen and oxygen atoms in total. The third kappa shape index (κ3) is 1.42. The van der Waals surface area contributed by atoms with Crippen molar-refractivity contribution in [3.05, 3.63) is 23.8 Å². The fraction of sp³-hybridized carbons (Fsp3) is 0.200. The number of hydrogen-bond acceptors (Lipinski definition) is 1. The Hall–Kier alpha value is -1.06. The number of H-pyrrole nitrogens is 1. The number of hydrogen-bond donors (Lipinski definition) is 0. The second-order valence-electron chi connectivity index (χ2n) is 1.64. The molecule has 0 saturated heterocycles. The van der Waals surface area contributed by atoms with Gasteiger partial charge in [-0.25, -0.2) is 4.98 Å². The molecule has 0 amide bonds. The van der Waals surface area contributed by atoms with Crippen LogP contribution in [-0.4, -0.2) is 4.98 Å². The Bertz CT molecular complexity index is 174. The van der Waals surface area contributed by atoms with Crippen LogP contribution in [0, 0.1) is 18.8 Å². The molecule has 0 aliphatic rings. The van der Waals surface area contributed by atoms with Crippen molar-refractivity contribution in [1.29, 1.82) is 0 Å². The smallest absolute Gasteiger partial charge is 0.217 e.